The van der Waals surface area contributed by atoms with E-state index in [-0.39, 0.29) is 5.41 Å². The third kappa shape index (κ3) is 11.2. The maximum atomic E-state index is 12.8. The predicted molar refractivity (Wildman–Crippen MR) is 266 cm³/mol. The summed E-state index contributed by atoms with van der Waals surface area (Å²) in [6.07, 6.45) is 15.0. The van der Waals surface area contributed by atoms with Crippen molar-refractivity contribution in [1.82, 2.24) is 0 Å². The summed E-state index contributed by atoms with van der Waals surface area (Å²) < 4.78 is 21.7. The van der Waals surface area contributed by atoms with E-state index in [9.17, 15) is 20.1 Å². The van der Waals surface area contributed by atoms with Gasteiger partial charge in [0.15, 0.2) is 0 Å². The van der Waals surface area contributed by atoms with Crippen LogP contribution in [0, 0.1) is 22.7 Å². The van der Waals surface area contributed by atoms with Crippen molar-refractivity contribution in [2.75, 3.05) is 14.2 Å². The molecule has 67 heavy (non-hydrogen) atoms. The van der Waals surface area contributed by atoms with Crippen molar-refractivity contribution in [3.63, 3.8) is 0 Å². The summed E-state index contributed by atoms with van der Waals surface area (Å²) in [6, 6.07) is 45.5. The van der Waals surface area contributed by atoms with E-state index in [0.29, 0.717) is 45.3 Å². The first-order valence-corrected chi connectivity index (χ1v) is 23.2. The quantitative estimate of drug-likeness (QED) is 0.0244. The van der Waals surface area contributed by atoms with E-state index in [1.54, 1.807) is 111 Å². The summed E-state index contributed by atoms with van der Waals surface area (Å²) in [5.74, 6) is 1.10. The zero-order valence-electron chi connectivity index (χ0n) is 38.8. The molecule has 0 heterocycles. The summed E-state index contributed by atoms with van der Waals surface area (Å²) in [5, 5.41) is 20.9. The number of ether oxygens (including phenoxy) is 4. The first kappa shape index (κ1) is 47.3. The Balaban J connectivity index is 1.18. The number of hydrogen-bond acceptors (Lipinski definition) is 8. The Morgan fingerprint density at radius 1 is 0.478 bits per heavy atom. The van der Waals surface area contributed by atoms with Gasteiger partial charge >= 0.3 is 11.9 Å². The van der Waals surface area contributed by atoms with Gasteiger partial charge in [-0.05, 0) is 167 Å². The number of rotatable bonds is 20. The van der Waals surface area contributed by atoms with Crippen molar-refractivity contribution < 1.29 is 28.5 Å². The smallest absolute Gasteiger partial charge is 0.343 e. The highest BCUT2D eigenvalue weighted by Gasteiger charge is 2.42. The van der Waals surface area contributed by atoms with Crippen LogP contribution >= 0.6 is 0 Å². The zero-order valence-corrected chi connectivity index (χ0v) is 38.8. The van der Waals surface area contributed by atoms with Crippen LogP contribution in [0.15, 0.2) is 133 Å². The molecule has 0 atom stereocenters. The molecular formula is C59H56N2O6. The van der Waals surface area contributed by atoms with Crippen LogP contribution in [0.1, 0.15) is 132 Å². The standard InChI is InChI=1S/C59H56N2O6/c1-5-7-9-11-33-59(34-12-10-8-6-2)55-37-41(35-47(39-60)43-15-27-51(28-16-43)66-57(62)45-19-23-49(64-3)24-20-45)13-31-53(55)54-32-14-42(38-56(54)59)36-48(40-61)44-17-29-52(30-18-44)67-58(63)46-21-25-50(65-4)26-22-46/h13-32,35-38H,5-12,33-34H2,1-4H3/b47-35+,48-36+. The molecule has 0 fully saturated rings. The van der Waals surface area contributed by atoms with Gasteiger partial charge in [0, 0.05) is 5.41 Å². The number of nitriles is 2. The molecule has 0 spiro atoms. The van der Waals surface area contributed by atoms with Crippen molar-refractivity contribution in [2.24, 2.45) is 0 Å². The van der Waals surface area contributed by atoms with Gasteiger partial charge in [-0.25, -0.2) is 9.59 Å². The first-order valence-electron chi connectivity index (χ1n) is 23.2. The van der Waals surface area contributed by atoms with Crippen LogP contribution < -0.4 is 18.9 Å². The van der Waals surface area contributed by atoms with Gasteiger partial charge in [-0.2, -0.15) is 10.5 Å². The van der Waals surface area contributed by atoms with Crippen LogP contribution in [-0.2, 0) is 5.41 Å². The molecular weight excluding hydrogens is 833 g/mol. The molecule has 0 amide bonds. The minimum Gasteiger partial charge on any atom is -0.497 e. The van der Waals surface area contributed by atoms with Gasteiger partial charge in [0.05, 0.1) is 48.6 Å². The van der Waals surface area contributed by atoms with E-state index in [1.807, 2.05) is 12.2 Å². The molecule has 0 aliphatic heterocycles. The average molecular weight is 889 g/mol. The van der Waals surface area contributed by atoms with E-state index in [1.165, 1.54) is 35.1 Å². The molecule has 0 bridgehead atoms. The second-order valence-electron chi connectivity index (χ2n) is 16.9. The van der Waals surface area contributed by atoms with Gasteiger partial charge < -0.3 is 18.9 Å². The van der Waals surface area contributed by atoms with Gasteiger partial charge in [0.2, 0.25) is 0 Å². The maximum absolute atomic E-state index is 12.8. The highest BCUT2D eigenvalue weighted by molar-refractivity contribution is 5.94. The molecule has 0 aromatic heterocycles. The fraction of sp³-hybridized carbons (Fsp3) is 0.254. The number of carbonyl (C=O) groups excluding carboxylic acids is 2. The molecule has 6 aromatic rings. The monoisotopic (exact) mass is 888 g/mol. The predicted octanol–water partition coefficient (Wildman–Crippen LogP) is 14.5. The molecule has 6 aromatic carbocycles. The topological polar surface area (TPSA) is 119 Å². The normalized spacial score (nSPS) is 12.6. The molecule has 8 heteroatoms. The number of allylic oxidation sites excluding steroid dienone is 2. The summed E-state index contributed by atoms with van der Waals surface area (Å²) in [6.45, 7) is 4.48. The summed E-state index contributed by atoms with van der Waals surface area (Å²) >= 11 is 0. The Morgan fingerprint density at radius 2 is 0.836 bits per heavy atom. The number of carbonyl (C=O) groups is 2. The Kier molecular flexibility index (Phi) is 15.9. The van der Waals surface area contributed by atoms with Crippen molar-refractivity contribution in [3.8, 4) is 46.3 Å². The second kappa shape index (κ2) is 22.5. The molecule has 0 saturated heterocycles. The zero-order chi connectivity index (χ0) is 47.2. The highest BCUT2D eigenvalue weighted by Crippen LogP contribution is 2.55. The molecule has 7 rings (SSSR count). The number of fused-ring (bicyclic) bond motifs is 3. The third-order valence-corrected chi connectivity index (χ3v) is 12.6. The molecule has 0 unspecified atom stereocenters. The number of esters is 2. The van der Waals surface area contributed by atoms with E-state index in [0.717, 1.165) is 73.6 Å². The van der Waals surface area contributed by atoms with Crippen LogP contribution in [0.2, 0.25) is 0 Å². The lowest BCUT2D eigenvalue weighted by Crippen LogP contribution is -2.25. The van der Waals surface area contributed by atoms with Crippen molar-refractivity contribution >= 4 is 35.2 Å². The Labute approximate surface area is 394 Å². The average Bonchev–Trinajstić information content (AvgIpc) is 3.63. The number of unbranched alkanes of at least 4 members (excludes halogenated alkanes) is 6. The molecule has 0 radical (unpaired) electrons. The molecule has 8 nitrogen and oxygen atoms in total. The second-order valence-corrected chi connectivity index (χ2v) is 16.9. The largest absolute Gasteiger partial charge is 0.497 e. The van der Waals surface area contributed by atoms with Gasteiger partial charge in [0.25, 0.3) is 0 Å². The lowest BCUT2D eigenvalue weighted by molar-refractivity contribution is 0.0725. The molecule has 0 N–H and O–H groups in total. The van der Waals surface area contributed by atoms with Crippen LogP contribution in [0.3, 0.4) is 0 Å². The number of nitrogens with zero attached hydrogens (tertiary/aromatic N) is 2. The molecule has 1 aliphatic rings. The van der Waals surface area contributed by atoms with Gasteiger partial charge in [-0.1, -0.05) is 102 Å². The number of hydrogen-bond donors (Lipinski definition) is 0. The van der Waals surface area contributed by atoms with Gasteiger partial charge in [-0.3, -0.25) is 0 Å². The first-order chi connectivity index (χ1) is 32.7. The summed E-state index contributed by atoms with van der Waals surface area (Å²) in [5.41, 5.74) is 9.84. The van der Waals surface area contributed by atoms with Crippen LogP contribution in [0.5, 0.6) is 23.0 Å². The van der Waals surface area contributed by atoms with Crippen LogP contribution in [-0.4, -0.2) is 26.2 Å². The van der Waals surface area contributed by atoms with Crippen molar-refractivity contribution in [2.45, 2.75) is 83.5 Å². The Morgan fingerprint density at radius 3 is 1.18 bits per heavy atom. The van der Waals surface area contributed by atoms with E-state index in [4.69, 9.17) is 18.9 Å². The molecule has 1 aliphatic carbocycles. The molecule has 0 saturated carbocycles. The Bertz CT molecular complexity index is 2630. The van der Waals surface area contributed by atoms with Crippen LogP contribution in [0.4, 0.5) is 0 Å². The van der Waals surface area contributed by atoms with Crippen molar-refractivity contribution in [1.29, 1.82) is 10.5 Å². The van der Waals surface area contributed by atoms with Gasteiger partial charge in [0.1, 0.15) is 23.0 Å². The molecule has 338 valence electrons. The Hall–Kier alpha value is -7.68. The maximum Gasteiger partial charge on any atom is 0.343 e. The van der Waals surface area contributed by atoms with E-state index in [2.05, 4.69) is 62.4 Å². The van der Waals surface area contributed by atoms with Crippen molar-refractivity contribution in [3.05, 3.63) is 178 Å². The summed E-state index contributed by atoms with van der Waals surface area (Å²) in [4.78, 5) is 25.6. The fourth-order valence-electron chi connectivity index (χ4n) is 8.97. The fourth-order valence-corrected chi connectivity index (χ4v) is 8.97. The van der Waals surface area contributed by atoms with Crippen LogP contribution in [0.25, 0.3) is 34.4 Å². The minimum atomic E-state index is -0.482. The number of methoxy groups -OCH3 is 2. The van der Waals surface area contributed by atoms with Gasteiger partial charge in [-0.15, -0.1) is 0 Å². The lowest BCUT2D eigenvalue weighted by Gasteiger charge is -2.33. The minimum absolute atomic E-state index is 0.260. The lowest BCUT2D eigenvalue weighted by atomic mass is 9.70. The number of benzene rings is 6. The third-order valence-electron chi connectivity index (χ3n) is 12.6. The SMILES string of the molecule is CCCCCCC1(CCCCCC)c2cc(/C=C(\C#N)c3ccc(OC(=O)c4ccc(OC)cc4)cc3)ccc2-c2ccc(/C=C(\C#N)c3ccc(OC(=O)c4ccc(OC)cc4)cc3)cc21. The van der Waals surface area contributed by atoms with E-state index < -0.39 is 11.9 Å². The highest BCUT2D eigenvalue weighted by atomic mass is 16.5. The summed E-state index contributed by atoms with van der Waals surface area (Å²) in [7, 11) is 3.14. The van der Waals surface area contributed by atoms with E-state index >= 15 is 0 Å².